The van der Waals surface area contributed by atoms with Crippen molar-refractivity contribution >= 4 is 40.5 Å². The lowest BCUT2D eigenvalue weighted by Crippen LogP contribution is -2.46. The van der Waals surface area contributed by atoms with Crippen LogP contribution in [0.15, 0.2) is 30.3 Å². The van der Waals surface area contributed by atoms with Crippen LogP contribution in [0, 0.1) is 11.3 Å². The third-order valence-electron chi connectivity index (χ3n) is 5.35. The number of carbonyl (C=O) groups is 3. The van der Waals surface area contributed by atoms with Crippen molar-refractivity contribution in [3.8, 4) is 0 Å². The molecule has 5 nitrogen and oxygen atoms in total. The van der Waals surface area contributed by atoms with Crippen LogP contribution in [0.1, 0.15) is 64.9 Å². The van der Waals surface area contributed by atoms with Crippen LogP contribution < -0.4 is 5.32 Å². The van der Waals surface area contributed by atoms with Crippen molar-refractivity contribution < 1.29 is 19.1 Å². The molecular weight excluding hydrogens is 442 g/mol. The number of thioether (sulfide) groups is 2. The zero-order valence-electron chi connectivity index (χ0n) is 19.6. The third kappa shape index (κ3) is 9.99. The van der Waals surface area contributed by atoms with Crippen molar-refractivity contribution in [3.05, 3.63) is 35.9 Å². The molecule has 0 radical (unpaired) electrons. The molecule has 1 heterocycles. The van der Waals surface area contributed by atoms with Gasteiger partial charge in [0.2, 0.25) is 5.91 Å². The van der Waals surface area contributed by atoms with Crippen LogP contribution in [0.4, 0.5) is 0 Å². The summed E-state index contributed by atoms with van der Waals surface area (Å²) in [6, 6.07) is 8.86. The van der Waals surface area contributed by atoms with Crippen molar-refractivity contribution in [1.82, 2.24) is 5.32 Å². The van der Waals surface area contributed by atoms with E-state index in [0.29, 0.717) is 11.5 Å². The summed E-state index contributed by atoms with van der Waals surface area (Å²) in [5.74, 6) is 1.07. The molecule has 2 atom stereocenters. The third-order valence-corrected chi connectivity index (χ3v) is 7.94. The Bertz CT molecular complexity index is 733. The van der Waals surface area contributed by atoms with Gasteiger partial charge < -0.3 is 10.1 Å². The number of rotatable bonds is 5. The van der Waals surface area contributed by atoms with Crippen LogP contribution in [-0.4, -0.2) is 40.3 Å². The minimum Gasteiger partial charge on any atom is -0.459 e. The van der Waals surface area contributed by atoms with Gasteiger partial charge in [-0.2, -0.15) is 11.8 Å². The lowest BCUT2D eigenvalue weighted by Gasteiger charge is -2.22. The summed E-state index contributed by atoms with van der Waals surface area (Å²) in [6.45, 7) is 5.87. The average molecular weight is 480 g/mol. The zero-order chi connectivity index (χ0) is 23.4. The Labute approximate surface area is 201 Å². The molecule has 2 rings (SSSR count). The molecular formula is C25H37NO4S2. The highest BCUT2D eigenvalue weighted by Crippen LogP contribution is 2.26. The molecule has 1 fully saturated rings. The summed E-state index contributed by atoms with van der Waals surface area (Å²) < 4.78 is 5.52. The van der Waals surface area contributed by atoms with Gasteiger partial charge in [0.05, 0.1) is 0 Å². The van der Waals surface area contributed by atoms with E-state index in [1.165, 1.54) is 18.2 Å². The fourth-order valence-electron chi connectivity index (χ4n) is 3.30. The zero-order valence-corrected chi connectivity index (χ0v) is 21.2. The van der Waals surface area contributed by atoms with E-state index in [0.717, 1.165) is 43.4 Å². The molecule has 0 aromatic heterocycles. The Morgan fingerprint density at radius 3 is 2.50 bits per heavy atom. The van der Waals surface area contributed by atoms with Gasteiger partial charge >= 0.3 is 5.97 Å². The summed E-state index contributed by atoms with van der Waals surface area (Å²) in [5, 5.41) is 3.03. The monoisotopic (exact) mass is 479 g/mol. The number of hydrogen-bond donors (Lipinski definition) is 1. The lowest BCUT2D eigenvalue weighted by molar-refractivity contribution is -0.148. The maximum atomic E-state index is 13.1. The van der Waals surface area contributed by atoms with Gasteiger partial charge in [0.15, 0.2) is 5.12 Å². The van der Waals surface area contributed by atoms with Gasteiger partial charge in [0, 0.05) is 22.8 Å². The summed E-state index contributed by atoms with van der Waals surface area (Å²) in [7, 11) is 0. The van der Waals surface area contributed by atoms with Crippen LogP contribution >= 0.6 is 23.5 Å². The van der Waals surface area contributed by atoms with Crippen molar-refractivity contribution in [2.75, 3.05) is 17.3 Å². The van der Waals surface area contributed by atoms with Crippen molar-refractivity contribution in [2.45, 2.75) is 71.9 Å². The number of amides is 1. The van der Waals surface area contributed by atoms with E-state index in [-0.39, 0.29) is 23.5 Å². The summed E-state index contributed by atoms with van der Waals surface area (Å²) in [6.07, 6.45) is 6.22. The number of nitrogens with one attached hydrogen (secondary N) is 1. The Hall–Kier alpha value is -1.47. The van der Waals surface area contributed by atoms with Gasteiger partial charge in [-0.3, -0.25) is 9.59 Å². The molecule has 1 aliphatic heterocycles. The number of benzene rings is 1. The highest BCUT2D eigenvalue weighted by Gasteiger charge is 2.29. The lowest BCUT2D eigenvalue weighted by atomic mass is 9.99. The quantitative estimate of drug-likeness (QED) is 0.584. The van der Waals surface area contributed by atoms with Crippen molar-refractivity contribution in [3.63, 3.8) is 0 Å². The fourth-order valence-corrected chi connectivity index (χ4v) is 5.43. The molecule has 1 N–H and O–H groups in total. The summed E-state index contributed by atoms with van der Waals surface area (Å²) in [5.41, 5.74) is 0.477. The molecule has 32 heavy (non-hydrogen) atoms. The molecule has 7 heteroatoms. The summed E-state index contributed by atoms with van der Waals surface area (Å²) in [4.78, 5) is 38.3. The normalized spacial score (nSPS) is 21.4. The van der Waals surface area contributed by atoms with Crippen LogP contribution in [-0.2, 0) is 25.7 Å². The second kappa shape index (κ2) is 13.9. The maximum absolute atomic E-state index is 13.1. The highest BCUT2D eigenvalue weighted by atomic mass is 32.2. The Balaban J connectivity index is 2.03. The molecule has 178 valence electrons. The minimum atomic E-state index is -0.678. The summed E-state index contributed by atoms with van der Waals surface area (Å²) >= 11 is 2.91. The molecule has 0 saturated carbocycles. The van der Waals surface area contributed by atoms with Crippen LogP contribution in [0.5, 0.6) is 0 Å². The van der Waals surface area contributed by atoms with Gasteiger partial charge in [0.1, 0.15) is 12.6 Å². The number of ether oxygens (including phenoxy) is 1. The van der Waals surface area contributed by atoms with E-state index in [1.54, 1.807) is 11.8 Å². The number of hydrogen-bond acceptors (Lipinski definition) is 6. The van der Waals surface area contributed by atoms with E-state index >= 15 is 0 Å². The van der Waals surface area contributed by atoms with Crippen molar-refractivity contribution in [1.29, 1.82) is 0 Å². The molecule has 1 aromatic rings. The molecule has 0 aliphatic carbocycles. The first-order chi connectivity index (χ1) is 15.3. The standard InChI is InChI=1S/C25H37NO4S2/c1-25(2,3)24(29)32-17-20-14-10-5-4-6-11-15-31-18-21(26-22(20)27)23(28)30-16-19-12-8-7-9-13-19/h7-9,12-13,20-21H,4-6,10-11,14-18H2,1-3H3,(H,26,27)/t20?,21-/m0/s1. The predicted molar refractivity (Wildman–Crippen MR) is 134 cm³/mol. The Morgan fingerprint density at radius 1 is 1.09 bits per heavy atom. The topological polar surface area (TPSA) is 72.5 Å². The molecule has 1 amide bonds. The second-order valence-corrected chi connectivity index (χ2v) is 11.5. The van der Waals surface area contributed by atoms with Crippen LogP contribution in [0.3, 0.4) is 0 Å². The average Bonchev–Trinajstić information content (AvgIpc) is 2.78. The van der Waals surface area contributed by atoms with Gasteiger partial charge in [-0.15, -0.1) is 0 Å². The molecule has 1 aromatic carbocycles. The van der Waals surface area contributed by atoms with Crippen LogP contribution in [0.2, 0.25) is 0 Å². The largest absolute Gasteiger partial charge is 0.459 e. The first-order valence-electron chi connectivity index (χ1n) is 11.5. The van der Waals surface area contributed by atoms with E-state index in [9.17, 15) is 14.4 Å². The van der Waals surface area contributed by atoms with Gasteiger partial charge in [-0.05, 0) is 24.2 Å². The minimum absolute atomic E-state index is 0.0857. The van der Waals surface area contributed by atoms with Gasteiger partial charge in [-0.1, -0.05) is 88.5 Å². The SMILES string of the molecule is CC(C)(C)C(=O)SCC1CCCCCCCSC[C@@H](C(=O)OCc2ccccc2)NC1=O. The molecule has 1 unspecified atom stereocenters. The van der Waals surface area contributed by atoms with E-state index < -0.39 is 17.4 Å². The Morgan fingerprint density at radius 2 is 1.78 bits per heavy atom. The molecule has 0 bridgehead atoms. The van der Waals surface area contributed by atoms with Crippen LogP contribution in [0.25, 0.3) is 0 Å². The molecule has 1 aliphatic rings. The molecule has 0 spiro atoms. The molecule has 1 saturated heterocycles. The predicted octanol–water partition coefficient (Wildman–Crippen LogP) is 5.22. The number of carbonyl (C=O) groups excluding carboxylic acids is 3. The van der Waals surface area contributed by atoms with Gasteiger partial charge in [0.25, 0.3) is 0 Å². The Kier molecular flexibility index (Phi) is 11.7. The number of esters is 1. The fraction of sp³-hybridized carbons (Fsp3) is 0.640. The van der Waals surface area contributed by atoms with E-state index in [1.807, 2.05) is 51.1 Å². The van der Waals surface area contributed by atoms with E-state index in [4.69, 9.17) is 4.74 Å². The maximum Gasteiger partial charge on any atom is 0.329 e. The van der Waals surface area contributed by atoms with E-state index in [2.05, 4.69) is 5.32 Å². The first kappa shape index (κ1) is 26.8. The van der Waals surface area contributed by atoms with Crippen molar-refractivity contribution in [2.24, 2.45) is 11.3 Å². The van der Waals surface area contributed by atoms with Gasteiger partial charge in [-0.25, -0.2) is 4.79 Å². The first-order valence-corrected chi connectivity index (χ1v) is 13.7. The highest BCUT2D eigenvalue weighted by molar-refractivity contribution is 8.13. The second-order valence-electron chi connectivity index (χ2n) is 9.33. The smallest absolute Gasteiger partial charge is 0.329 e.